The van der Waals surface area contributed by atoms with Gasteiger partial charge in [0.2, 0.25) is 5.91 Å². The highest BCUT2D eigenvalue weighted by Gasteiger charge is 2.31. The Hall–Kier alpha value is -2.37. The van der Waals surface area contributed by atoms with Crippen molar-refractivity contribution in [1.82, 2.24) is 15.8 Å². The van der Waals surface area contributed by atoms with Crippen LogP contribution in [0.3, 0.4) is 0 Å². The molecule has 1 aliphatic rings. The summed E-state index contributed by atoms with van der Waals surface area (Å²) in [6.45, 7) is 0.616. The molecule has 1 amide bonds. The number of hydrogen-bond donors (Lipinski definition) is 2. The molecule has 1 heterocycles. The summed E-state index contributed by atoms with van der Waals surface area (Å²) in [5.74, 6) is 0.933. The molecule has 0 aliphatic carbocycles. The standard InChI is InChI=1S/C19H23N3O2/c1-22(13-14-6-4-3-5-7-14)19(23)18-12-17(20-21-18)15-8-10-16(24-2)11-9-15/h3-11,17-18,20-21H,12-13H2,1-2H3. The molecule has 24 heavy (non-hydrogen) atoms. The number of benzene rings is 2. The maximum absolute atomic E-state index is 12.6. The summed E-state index contributed by atoms with van der Waals surface area (Å²) >= 11 is 0. The largest absolute Gasteiger partial charge is 0.497 e. The topological polar surface area (TPSA) is 53.6 Å². The van der Waals surface area contributed by atoms with Crippen molar-refractivity contribution in [2.24, 2.45) is 0 Å². The fraction of sp³-hybridized carbons (Fsp3) is 0.316. The van der Waals surface area contributed by atoms with Crippen molar-refractivity contribution in [2.75, 3.05) is 14.2 Å². The number of rotatable bonds is 5. The molecule has 3 rings (SSSR count). The molecule has 0 spiro atoms. The van der Waals surface area contributed by atoms with Crippen molar-refractivity contribution in [3.63, 3.8) is 0 Å². The van der Waals surface area contributed by atoms with Crippen LogP contribution in [-0.2, 0) is 11.3 Å². The molecule has 1 fully saturated rings. The number of hydrazine groups is 1. The zero-order valence-corrected chi connectivity index (χ0v) is 14.0. The van der Waals surface area contributed by atoms with Crippen LogP contribution in [0.4, 0.5) is 0 Å². The molecule has 2 aromatic carbocycles. The number of carbonyl (C=O) groups excluding carboxylic acids is 1. The van der Waals surface area contributed by atoms with E-state index < -0.39 is 0 Å². The van der Waals surface area contributed by atoms with Gasteiger partial charge in [-0.05, 0) is 29.7 Å². The predicted octanol–water partition coefficient (Wildman–Crippen LogP) is 2.26. The van der Waals surface area contributed by atoms with E-state index in [2.05, 4.69) is 10.9 Å². The van der Waals surface area contributed by atoms with E-state index in [0.717, 1.165) is 23.3 Å². The summed E-state index contributed by atoms with van der Waals surface area (Å²) in [6.07, 6.45) is 0.726. The predicted molar refractivity (Wildman–Crippen MR) is 93.3 cm³/mol. The van der Waals surface area contributed by atoms with E-state index in [1.807, 2.05) is 61.6 Å². The number of ether oxygens (including phenoxy) is 1. The highest BCUT2D eigenvalue weighted by atomic mass is 16.5. The van der Waals surface area contributed by atoms with Crippen molar-refractivity contribution in [1.29, 1.82) is 0 Å². The third kappa shape index (κ3) is 3.75. The van der Waals surface area contributed by atoms with Crippen molar-refractivity contribution in [2.45, 2.75) is 25.0 Å². The van der Waals surface area contributed by atoms with Crippen LogP contribution < -0.4 is 15.6 Å². The first-order chi connectivity index (χ1) is 11.7. The van der Waals surface area contributed by atoms with Crippen LogP contribution in [0.5, 0.6) is 5.75 Å². The number of amides is 1. The normalized spacial score (nSPS) is 19.9. The number of methoxy groups -OCH3 is 1. The molecule has 0 bridgehead atoms. The lowest BCUT2D eigenvalue weighted by molar-refractivity contribution is -0.132. The minimum Gasteiger partial charge on any atom is -0.497 e. The third-order valence-corrected chi connectivity index (χ3v) is 4.36. The zero-order valence-electron chi connectivity index (χ0n) is 14.0. The lowest BCUT2D eigenvalue weighted by atomic mass is 10.0. The number of nitrogens with zero attached hydrogens (tertiary/aromatic N) is 1. The molecule has 1 saturated heterocycles. The highest BCUT2D eigenvalue weighted by Crippen LogP contribution is 2.25. The lowest BCUT2D eigenvalue weighted by Crippen LogP contribution is -2.43. The van der Waals surface area contributed by atoms with Crippen LogP contribution in [-0.4, -0.2) is 31.0 Å². The maximum Gasteiger partial charge on any atom is 0.241 e. The van der Waals surface area contributed by atoms with Crippen LogP contribution in [0.25, 0.3) is 0 Å². The Bertz CT molecular complexity index is 673. The van der Waals surface area contributed by atoms with Gasteiger partial charge in [-0.3, -0.25) is 4.79 Å². The van der Waals surface area contributed by atoms with Gasteiger partial charge in [0.1, 0.15) is 11.8 Å². The van der Waals surface area contributed by atoms with E-state index in [-0.39, 0.29) is 18.0 Å². The van der Waals surface area contributed by atoms with Gasteiger partial charge < -0.3 is 9.64 Å². The lowest BCUT2D eigenvalue weighted by Gasteiger charge is -2.21. The molecule has 126 valence electrons. The first-order valence-corrected chi connectivity index (χ1v) is 8.11. The van der Waals surface area contributed by atoms with E-state index in [0.29, 0.717) is 6.54 Å². The van der Waals surface area contributed by atoms with Crippen molar-refractivity contribution in [3.8, 4) is 5.75 Å². The summed E-state index contributed by atoms with van der Waals surface area (Å²) in [7, 11) is 3.50. The summed E-state index contributed by atoms with van der Waals surface area (Å²) in [5.41, 5.74) is 8.62. The molecule has 0 aromatic heterocycles. The fourth-order valence-electron chi connectivity index (χ4n) is 2.97. The first kappa shape index (κ1) is 16.5. The van der Waals surface area contributed by atoms with Gasteiger partial charge in [-0.15, -0.1) is 0 Å². The SMILES string of the molecule is COc1ccc(C2CC(C(=O)N(C)Cc3ccccc3)NN2)cc1. The smallest absolute Gasteiger partial charge is 0.241 e. The second-order valence-electron chi connectivity index (χ2n) is 6.08. The molecular formula is C19H23N3O2. The number of nitrogens with one attached hydrogen (secondary N) is 2. The van der Waals surface area contributed by atoms with E-state index in [1.165, 1.54) is 0 Å². The Morgan fingerprint density at radius 1 is 1.12 bits per heavy atom. The molecule has 2 N–H and O–H groups in total. The van der Waals surface area contributed by atoms with Crippen molar-refractivity contribution >= 4 is 5.91 Å². The van der Waals surface area contributed by atoms with Crippen LogP contribution >= 0.6 is 0 Å². The third-order valence-electron chi connectivity index (χ3n) is 4.36. The summed E-state index contributed by atoms with van der Waals surface area (Å²) < 4.78 is 5.18. The van der Waals surface area contributed by atoms with Crippen LogP contribution in [0.2, 0.25) is 0 Å². The summed E-state index contributed by atoms with van der Waals surface area (Å²) in [4.78, 5) is 14.4. The van der Waals surface area contributed by atoms with E-state index >= 15 is 0 Å². The Kier molecular flexibility index (Phi) is 5.13. The van der Waals surface area contributed by atoms with Crippen molar-refractivity contribution in [3.05, 3.63) is 65.7 Å². The maximum atomic E-state index is 12.6. The molecule has 5 heteroatoms. The van der Waals surface area contributed by atoms with Gasteiger partial charge in [0.05, 0.1) is 7.11 Å². The van der Waals surface area contributed by atoms with Gasteiger partial charge in [0, 0.05) is 19.6 Å². The number of carbonyl (C=O) groups is 1. The quantitative estimate of drug-likeness (QED) is 0.885. The second-order valence-corrected chi connectivity index (χ2v) is 6.08. The Morgan fingerprint density at radius 3 is 2.50 bits per heavy atom. The van der Waals surface area contributed by atoms with Gasteiger partial charge in [-0.2, -0.15) is 0 Å². The van der Waals surface area contributed by atoms with Crippen molar-refractivity contribution < 1.29 is 9.53 Å². The van der Waals surface area contributed by atoms with Gasteiger partial charge >= 0.3 is 0 Å². The molecule has 1 aliphatic heterocycles. The van der Waals surface area contributed by atoms with Crippen LogP contribution in [0, 0.1) is 0 Å². The summed E-state index contributed by atoms with van der Waals surface area (Å²) in [5, 5.41) is 0. The minimum absolute atomic E-state index is 0.0994. The second kappa shape index (κ2) is 7.47. The molecule has 5 nitrogen and oxygen atoms in total. The summed E-state index contributed by atoms with van der Waals surface area (Å²) in [6, 6.07) is 17.9. The fourth-order valence-corrected chi connectivity index (χ4v) is 2.97. The molecule has 2 atom stereocenters. The molecular weight excluding hydrogens is 302 g/mol. The average Bonchev–Trinajstić information content (AvgIpc) is 3.12. The Labute approximate surface area is 142 Å². The zero-order chi connectivity index (χ0) is 16.9. The van der Waals surface area contributed by atoms with Gasteiger partial charge in [-0.25, -0.2) is 10.9 Å². The number of likely N-dealkylation sites (N-methyl/N-ethyl adjacent to an activating group) is 1. The molecule has 0 radical (unpaired) electrons. The first-order valence-electron chi connectivity index (χ1n) is 8.11. The molecule has 0 saturated carbocycles. The molecule has 2 unspecified atom stereocenters. The minimum atomic E-state index is -0.217. The van der Waals surface area contributed by atoms with E-state index in [4.69, 9.17) is 4.74 Å². The van der Waals surface area contributed by atoms with Gasteiger partial charge in [0.25, 0.3) is 0 Å². The van der Waals surface area contributed by atoms with Gasteiger partial charge in [0.15, 0.2) is 0 Å². The Balaban J connectivity index is 1.58. The highest BCUT2D eigenvalue weighted by molar-refractivity contribution is 5.82. The molecule has 2 aromatic rings. The number of hydrogen-bond acceptors (Lipinski definition) is 4. The van der Waals surface area contributed by atoms with Crippen LogP contribution in [0.15, 0.2) is 54.6 Å². The van der Waals surface area contributed by atoms with Crippen LogP contribution in [0.1, 0.15) is 23.6 Å². The van der Waals surface area contributed by atoms with Gasteiger partial charge in [-0.1, -0.05) is 42.5 Å². The Morgan fingerprint density at radius 2 is 1.83 bits per heavy atom. The average molecular weight is 325 g/mol. The monoisotopic (exact) mass is 325 g/mol. The van der Waals surface area contributed by atoms with E-state index in [1.54, 1.807) is 12.0 Å². The van der Waals surface area contributed by atoms with E-state index in [9.17, 15) is 4.79 Å².